The zero-order valence-corrected chi connectivity index (χ0v) is 18.3. The zero-order chi connectivity index (χ0) is 25.6. The molecule has 1 heterocycles. The first-order chi connectivity index (χ1) is 14.7. The Labute approximate surface area is 182 Å². The van der Waals surface area contributed by atoms with Gasteiger partial charge in [0.15, 0.2) is 0 Å². The van der Waals surface area contributed by atoms with Gasteiger partial charge in [-0.2, -0.15) is 30.6 Å². The molecule has 0 N–H and O–H groups in total. The van der Waals surface area contributed by atoms with Gasteiger partial charge in [0.25, 0.3) is 5.69 Å². The highest BCUT2D eigenvalue weighted by Gasteiger charge is 2.64. The van der Waals surface area contributed by atoms with Gasteiger partial charge in [-0.1, -0.05) is 3.71 Å². The molecule has 1 saturated heterocycles. The van der Waals surface area contributed by atoms with E-state index in [1.165, 1.54) is 0 Å². The number of benzene rings is 1. The second-order valence-electron chi connectivity index (χ2n) is 6.54. The molecular weight excluding hydrogens is 536 g/mol. The van der Waals surface area contributed by atoms with Crippen molar-refractivity contribution in [2.75, 3.05) is 13.1 Å². The standard InChI is InChI=1S/C13H13F6N3O8S3/c14-12(15,16)32(27,28)22(33(29,30)13(17,18)19)10-2-1-7-20(8-10)31(25,26)11-5-3-9(4-6-11)21(23)24/h3-6,10H,1-2,7-8H2. The minimum Gasteiger partial charge on any atom is -0.258 e. The number of hydrogen-bond acceptors (Lipinski definition) is 8. The maximum atomic E-state index is 13.0. The Balaban J connectivity index is 2.53. The monoisotopic (exact) mass is 549 g/mol. The number of piperidine rings is 1. The van der Waals surface area contributed by atoms with Crippen molar-refractivity contribution in [2.45, 2.75) is 34.8 Å². The largest absolute Gasteiger partial charge is 0.512 e. The van der Waals surface area contributed by atoms with Gasteiger partial charge in [0.2, 0.25) is 10.0 Å². The third kappa shape index (κ3) is 5.08. The Kier molecular flexibility index (Phi) is 7.12. The van der Waals surface area contributed by atoms with E-state index in [1.54, 1.807) is 0 Å². The average Bonchev–Trinajstić information content (AvgIpc) is 2.66. The van der Waals surface area contributed by atoms with E-state index in [1.807, 2.05) is 0 Å². The SMILES string of the molecule is O=[N+]([O-])c1ccc(S(=O)(=O)N2CCCC(N(S(=O)(=O)C(F)(F)F)S(=O)(=O)C(F)(F)F)C2)cc1. The van der Waals surface area contributed by atoms with E-state index in [0.717, 1.165) is 24.3 Å². The van der Waals surface area contributed by atoms with Gasteiger partial charge in [-0.3, -0.25) is 10.1 Å². The van der Waals surface area contributed by atoms with Crippen LogP contribution in [-0.2, 0) is 30.1 Å². The lowest BCUT2D eigenvalue weighted by Crippen LogP contribution is -2.58. The number of halogens is 6. The summed E-state index contributed by atoms with van der Waals surface area (Å²) in [7, 11) is -18.9. The molecule has 0 spiro atoms. The fraction of sp³-hybridized carbons (Fsp3) is 0.538. The molecule has 0 bridgehead atoms. The predicted molar refractivity (Wildman–Crippen MR) is 96.7 cm³/mol. The van der Waals surface area contributed by atoms with Crippen LogP contribution in [0.15, 0.2) is 29.2 Å². The van der Waals surface area contributed by atoms with E-state index in [4.69, 9.17) is 0 Å². The Morgan fingerprint density at radius 1 is 0.909 bits per heavy atom. The normalized spacial score (nSPS) is 19.5. The van der Waals surface area contributed by atoms with Gasteiger partial charge in [0, 0.05) is 25.2 Å². The topological polar surface area (TPSA) is 152 Å². The van der Waals surface area contributed by atoms with Crippen LogP contribution in [0.4, 0.5) is 32.0 Å². The molecule has 1 aromatic carbocycles. The minimum absolute atomic E-state index is 0.299. The van der Waals surface area contributed by atoms with Crippen molar-refractivity contribution < 1.29 is 56.5 Å². The van der Waals surface area contributed by atoms with Gasteiger partial charge in [0.1, 0.15) is 0 Å². The van der Waals surface area contributed by atoms with E-state index in [2.05, 4.69) is 0 Å². The fourth-order valence-electron chi connectivity index (χ4n) is 2.93. The van der Waals surface area contributed by atoms with Crippen molar-refractivity contribution in [2.24, 2.45) is 0 Å². The molecule has 1 aliphatic rings. The van der Waals surface area contributed by atoms with Crippen LogP contribution in [0.5, 0.6) is 0 Å². The molecule has 0 aliphatic carbocycles. The summed E-state index contributed by atoms with van der Waals surface area (Å²) in [5, 5.41) is 10.7. The summed E-state index contributed by atoms with van der Waals surface area (Å²) in [5.74, 6) is 0. The van der Waals surface area contributed by atoms with Crippen LogP contribution >= 0.6 is 0 Å². The summed E-state index contributed by atoms with van der Waals surface area (Å²) < 4.78 is 149. The third-order valence-electron chi connectivity index (χ3n) is 4.40. The summed E-state index contributed by atoms with van der Waals surface area (Å²) in [6, 6.07) is 0.456. The summed E-state index contributed by atoms with van der Waals surface area (Å²) in [6.07, 6.45) is -1.33. The molecule has 20 heteroatoms. The number of sulfonamides is 3. The first-order valence-corrected chi connectivity index (χ1v) is 12.7. The Bertz CT molecular complexity index is 1180. The lowest BCUT2D eigenvalue weighted by molar-refractivity contribution is -0.384. The highest BCUT2D eigenvalue weighted by Crippen LogP contribution is 2.39. The quantitative estimate of drug-likeness (QED) is 0.296. The number of nitro benzene ring substituents is 1. The number of nitro groups is 1. The maximum absolute atomic E-state index is 13.0. The van der Waals surface area contributed by atoms with Crippen LogP contribution < -0.4 is 0 Å². The second kappa shape index (κ2) is 8.64. The Morgan fingerprint density at radius 3 is 1.76 bits per heavy atom. The minimum atomic E-state index is -7.10. The molecule has 2 rings (SSSR count). The van der Waals surface area contributed by atoms with Crippen LogP contribution in [0.25, 0.3) is 0 Å². The van der Waals surface area contributed by atoms with Gasteiger partial charge in [0.05, 0.1) is 15.9 Å². The lowest BCUT2D eigenvalue weighted by atomic mass is 10.1. The van der Waals surface area contributed by atoms with Gasteiger partial charge in [-0.15, -0.1) is 0 Å². The molecule has 1 aliphatic heterocycles. The van der Waals surface area contributed by atoms with Crippen LogP contribution in [0.3, 0.4) is 0 Å². The molecule has 1 atom stereocenters. The first kappa shape index (κ1) is 27.2. The number of rotatable bonds is 6. The molecule has 33 heavy (non-hydrogen) atoms. The van der Waals surface area contributed by atoms with Crippen LogP contribution in [0, 0.1) is 10.1 Å². The van der Waals surface area contributed by atoms with Crippen LogP contribution in [0.2, 0.25) is 0 Å². The molecule has 0 aromatic heterocycles. The van der Waals surface area contributed by atoms with E-state index < -0.39 is 92.3 Å². The van der Waals surface area contributed by atoms with Gasteiger partial charge in [-0.25, -0.2) is 25.3 Å². The number of alkyl halides is 6. The Morgan fingerprint density at radius 2 is 1.36 bits per heavy atom. The van der Waals surface area contributed by atoms with Crippen LogP contribution in [-0.4, -0.2) is 68.3 Å². The summed E-state index contributed by atoms with van der Waals surface area (Å²) in [4.78, 5) is 9.17. The molecule has 188 valence electrons. The van der Waals surface area contributed by atoms with Crippen molar-refractivity contribution in [1.29, 1.82) is 0 Å². The van der Waals surface area contributed by atoms with Crippen molar-refractivity contribution in [3.8, 4) is 0 Å². The maximum Gasteiger partial charge on any atom is 0.512 e. The number of hydrogen-bond donors (Lipinski definition) is 0. The average molecular weight is 549 g/mol. The number of nitrogens with zero attached hydrogens (tertiary/aromatic N) is 3. The highest BCUT2D eigenvalue weighted by molar-refractivity contribution is 8.04. The highest BCUT2D eigenvalue weighted by atomic mass is 32.3. The molecular formula is C13H13F6N3O8S3. The summed E-state index contributed by atoms with van der Waals surface area (Å²) in [5.41, 5.74) is -13.4. The second-order valence-corrected chi connectivity index (χ2v) is 12.3. The molecule has 0 radical (unpaired) electrons. The molecule has 1 aromatic rings. The molecule has 1 fully saturated rings. The molecule has 0 amide bonds. The predicted octanol–water partition coefficient (Wildman–Crippen LogP) is 1.75. The van der Waals surface area contributed by atoms with Crippen molar-refractivity contribution in [1.82, 2.24) is 8.02 Å². The molecule has 1 unspecified atom stereocenters. The van der Waals surface area contributed by atoms with E-state index in [0.29, 0.717) is 4.31 Å². The summed E-state index contributed by atoms with van der Waals surface area (Å²) >= 11 is 0. The summed E-state index contributed by atoms with van der Waals surface area (Å²) in [6.45, 7) is -1.86. The fourth-order valence-corrected chi connectivity index (χ4v) is 7.52. The molecule has 0 saturated carbocycles. The smallest absolute Gasteiger partial charge is 0.258 e. The van der Waals surface area contributed by atoms with E-state index in [-0.39, 0.29) is 0 Å². The third-order valence-corrected chi connectivity index (χ3v) is 10.2. The first-order valence-electron chi connectivity index (χ1n) is 8.41. The van der Waals surface area contributed by atoms with Crippen molar-refractivity contribution in [3.63, 3.8) is 0 Å². The number of non-ortho nitro benzene ring substituents is 1. The van der Waals surface area contributed by atoms with E-state index in [9.17, 15) is 61.7 Å². The van der Waals surface area contributed by atoms with Crippen molar-refractivity contribution in [3.05, 3.63) is 34.4 Å². The van der Waals surface area contributed by atoms with Gasteiger partial charge < -0.3 is 0 Å². The van der Waals surface area contributed by atoms with Gasteiger partial charge in [-0.05, 0) is 25.0 Å². The zero-order valence-electron chi connectivity index (χ0n) is 15.8. The van der Waals surface area contributed by atoms with Crippen molar-refractivity contribution >= 4 is 35.8 Å². The lowest BCUT2D eigenvalue weighted by Gasteiger charge is -2.37. The molecule has 11 nitrogen and oxygen atoms in total. The Hall–Kier alpha value is -2.03. The van der Waals surface area contributed by atoms with Gasteiger partial charge >= 0.3 is 31.1 Å². The van der Waals surface area contributed by atoms with E-state index >= 15 is 0 Å². The van der Waals surface area contributed by atoms with Crippen LogP contribution in [0.1, 0.15) is 12.8 Å².